The summed E-state index contributed by atoms with van der Waals surface area (Å²) in [7, 11) is 0. The lowest BCUT2D eigenvalue weighted by Crippen LogP contribution is -2.17. The van der Waals surface area contributed by atoms with E-state index in [1.165, 1.54) is 0 Å². The zero-order valence-corrected chi connectivity index (χ0v) is 19.6. The number of unbranched alkanes of at least 4 members (excludes halogenated alkanes) is 1. The molecule has 35 heavy (non-hydrogen) atoms. The van der Waals surface area contributed by atoms with Crippen molar-refractivity contribution in [3.63, 3.8) is 0 Å². The number of carbonyl (C=O) groups is 2. The van der Waals surface area contributed by atoms with Crippen molar-refractivity contribution in [2.75, 3.05) is 25.1 Å². The predicted molar refractivity (Wildman–Crippen MR) is 130 cm³/mol. The molecular formula is C26H27N3O6. The Kier molecular flexibility index (Phi) is 7.47. The van der Waals surface area contributed by atoms with Crippen LogP contribution in [0.25, 0.3) is 17.1 Å². The molecule has 9 nitrogen and oxygen atoms in total. The van der Waals surface area contributed by atoms with Gasteiger partial charge in [-0.2, -0.15) is 0 Å². The van der Waals surface area contributed by atoms with Crippen LogP contribution in [0.4, 0.5) is 5.69 Å². The number of nitrogens with one attached hydrogen (secondary N) is 2. The molecule has 2 aromatic heterocycles. The van der Waals surface area contributed by atoms with Crippen molar-refractivity contribution in [1.29, 1.82) is 0 Å². The molecule has 0 unspecified atom stereocenters. The van der Waals surface area contributed by atoms with E-state index in [1.54, 1.807) is 42.7 Å². The van der Waals surface area contributed by atoms with Crippen LogP contribution in [0.5, 0.6) is 5.75 Å². The van der Waals surface area contributed by atoms with Gasteiger partial charge in [0.05, 0.1) is 13.2 Å². The third kappa shape index (κ3) is 5.36. The number of hydrogen-bond acceptors (Lipinski definition) is 8. The first-order chi connectivity index (χ1) is 17.0. The van der Waals surface area contributed by atoms with Gasteiger partial charge >= 0.3 is 5.97 Å². The van der Waals surface area contributed by atoms with E-state index < -0.39 is 11.8 Å². The number of ketones is 1. The van der Waals surface area contributed by atoms with Crippen molar-refractivity contribution in [3.05, 3.63) is 71.1 Å². The molecule has 3 aromatic rings. The summed E-state index contributed by atoms with van der Waals surface area (Å²) in [6.45, 7) is 4.13. The number of aliphatic hydroxyl groups is 1. The predicted octanol–water partition coefficient (Wildman–Crippen LogP) is 3.85. The van der Waals surface area contributed by atoms with Crippen molar-refractivity contribution >= 4 is 34.5 Å². The molecule has 0 spiro atoms. The van der Waals surface area contributed by atoms with Crippen LogP contribution in [0, 0.1) is 6.92 Å². The number of carbonyl (C=O) groups excluding carboxylic acids is 2. The Morgan fingerprint density at radius 3 is 2.91 bits per heavy atom. The molecule has 182 valence electrons. The number of aromatic nitrogens is 2. The van der Waals surface area contributed by atoms with Gasteiger partial charge in [-0.05, 0) is 55.3 Å². The maximum absolute atomic E-state index is 13.2. The fourth-order valence-corrected chi connectivity index (χ4v) is 3.57. The summed E-state index contributed by atoms with van der Waals surface area (Å²) < 4.78 is 16.6. The first kappa shape index (κ1) is 24.0. The van der Waals surface area contributed by atoms with Crippen LogP contribution in [-0.4, -0.2) is 46.6 Å². The molecule has 0 aliphatic carbocycles. The average Bonchev–Trinajstić information content (AvgIpc) is 3.40. The molecule has 0 amide bonds. The Hall–Kier alpha value is -4.11. The Morgan fingerprint density at radius 1 is 1.29 bits per heavy atom. The van der Waals surface area contributed by atoms with Crippen LogP contribution < -0.4 is 10.1 Å². The van der Waals surface area contributed by atoms with Crippen LogP contribution in [0.15, 0.2) is 59.9 Å². The van der Waals surface area contributed by atoms with Gasteiger partial charge in [-0.3, -0.25) is 4.79 Å². The Labute approximate surface area is 202 Å². The number of esters is 1. The third-order valence-corrected chi connectivity index (χ3v) is 5.40. The highest BCUT2D eigenvalue weighted by Crippen LogP contribution is 2.32. The number of hydrogen-bond donors (Lipinski definition) is 3. The average molecular weight is 478 g/mol. The first-order valence-electron chi connectivity index (χ1n) is 11.4. The molecular weight excluding hydrogens is 450 g/mol. The quantitative estimate of drug-likeness (QED) is 0.174. The minimum absolute atomic E-state index is 0.000229. The summed E-state index contributed by atoms with van der Waals surface area (Å²) in [5, 5.41) is 12.8. The summed E-state index contributed by atoms with van der Waals surface area (Å²) in [5.41, 5.74) is 2.61. The number of ether oxygens (including phenoxy) is 3. The van der Waals surface area contributed by atoms with Gasteiger partial charge in [0, 0.05) is 29.0 Å². The van der Waals surface area contributed by atoms with Crippen LogP contribution in [0.1, 0.15) is 30.9 Å². The number of H-pyrrole nitrogens is 1. The molecule has 0 saturated carbocycles. The maximum Gasteiger partial charge on any atom is 0.347 e. The highest BCUT2D eigenvalue weighted by Gasteiger charge is 2.37. The standard InChI is InChI=1S/C26H27N3O6/c1-3-4-11-34-26(32)22-23(31)21(14-17-15-28-24-19(17)6-5-9-27-24)35-25(22)29-20-8-7-18(13-16(20)2)33-12-10-30/h5-9,13-15,29-30H,3-4,10-12H2,1-2H3,(H,27,28). The highest BCUT2D eigenvalue weighted by atomic mass is 16.5. The topological polar surface area (TPSA) is 123 Å². The van der Waals surface area contributed by atoms with Gasteiger partial charge < -0.3 is 29.6 Å². The number of Topliss-reactive ketones (excluding diaryl/α,β-unsaturated/α-hetero) is 1. The SMILES string of the molecule is CCCCOC(=O)C1=C(Nc2ccc(OCCO)cc2C)OC(=Cc2c[nH]c3ncccc23)C1=O. The zero-order valence-electron chi connectivity index (χ0n) is 19.6. The number of aromatic amines is 1. The van der Waals surface area contributed by atoms with Crippen molar-refractivity contribution in [3.8, 4) is 5.75 Å². The molecule has 3 heterocycles. The van der Waals surface area contributed by atoms with Gasteiger partial charge in [0.1, 0.15) is 18.0 Å². The van der Waals surface area contributed by atoms with Gasteiger partial charge in [-0.15, -0.1) is 0 Å². The van der Waals surface area contributed by atoms with E-state index in [0.29, 0.717) is 29.1 Å². The Morgan fingerprint density at radius 2 is 2.14 bits per heavy atom. The first-order valence-corrected chi connectivity index (χ1v) is 11.4. The minimum Gasteiger partial charge on any atom is -0.491 e. The van der Waals surface area contributed by atoms with Gasteiger partial charge in [0.15, 0.2) is 11.3 Å². The molecule has 0 fully saturated rings. The second-order valence-electron chi connectivity index (χ2n) is 7.95. The Bertz CT molecular complexity index is 1310. The van der Waals surface area contributed by atoms with Crippen LogP contribution in [0.3, 0.4) is 0 Å². The molecule has 1 aromatic carbocycles. The monoisotopic (exact) mass is 477 g/mol. The van der Waals surface area contributed by atoms with Gasteiger partial charge in [-0.1, -0.05) is 13.3 Å². The lowest BCUT2D eigenvalue weighted by molar-refractivity contribution is -0.140. The highest BCUT2D eigenvalue weighted by molar-refractivity contribution is 6.26. The number of nitrogens with zero attached hydrogens (tertiary/aromatic N) is 1. The second-order valence-corrected chi connectivity index (χ2v) is 7.95. The Balaban J connectivity index is 1.64. The smallest absolute Gasteiger partial charge is 0.347 e. The van der Waals surface area contributed by atoms with E-state index in [9.17, 15) is 9.59 Å². The molecule has 0 saturated heterocycles. The molecule has 0 radical (unpaired) electrons. The number of pyridine rings is 1. The molecule has 3 N–H and O–H groups in total. The molecule has 4 rings (SSSR count). The molecule has 1 aliphatic heterocycles. The van der Waals surface area contributed by atoms with E-state index in [-0.39, 0.29) is 37.0 Å². The van der Waals surface area contributed by atoms with E-state index in [4.69, 9.17) is 19.3 Å². The van der Waals surface area contributed by atoms with Gasteiger partial charge in [0.2, 0.25) is 11.7 Å². The largest absolute Gasteiger partial charge is 0.491 e. The normalized spacial score (nSPS) is 14.5. The van der Waals surface area contributed by atoms with Crippen molar-refractivity contribution in [1.82, 2.24) is 9.97 Å². The van der Waals surface area contributed by atoms with Crippen LogP contribution in [0.2, 0.25) is 0 Å². The zero-order chi connectivity index (χ0) is 24.8. The summed E-state index contributed by atoms with van der Waals surface area (Å²) in [5.74, 6) is -0.705. The van der Waals surface area contributed by atoms with Crippen LogP contribution >= 0.6 is 0 Å². The van der Waals surface area contributed by atoms with E-state index >= 15 is 0 Å². The van der Waals surface area contributed by atoms with Crippen molar-refractivity contribution < 1.29 is 28.9 Å². The summed E-state index contributed by atoms with van der Waals surface area (Å²) in [6.07, 6.45) is 6.52. The number of aryl methyl sites for hydroxylation is 1. The number of fused-ring (bicyclic) bond motifs is 1. The molecule has 1 aliphatic rings. The van der Waals surface area contributed by atoms with Crippen LogP contribution in [-0.2, 0) is 19.1 Å². The lowest BCUT2D eigenvalue weighted by atomic mass is 10.1. The van der Waals surface area contributed by atoms with Gasteiger partial charge in [0.25, 0.3) is 0 Å². The number of benzene rings is 1. The lowest BCUT2D eigenvalue weighted by Gasteiger charge is -2.13. The second kappa shape index (κ2) is 10.9. The number of aliphatic hydroxyl groups excluding tert-OH is 1. The van der Waals surface area contributed by atoms with E-state index in [2.05, 4.69) is 15.3 Å². The number of anilines is 1. The number of allylic oxidation sites excluding steroid dienone is 1. The summed E-state index contributed by atoms with van der Waals surface area (Å²) in [4.78, 5) is 33.4. The van der Waals surface area contributed by atoms with Crippen molar-refractivity contribution in [2.24, 2.45) is 0 Å². The van der Waals surface area contributed by atoms with Gasteiger partial charge in [-0.25, -0.2) is 9.78 Å². The fraction of sp³-hybridized carbons (Fsp3) is 0.269. The molecule has 0 atom stereocenters. The summed E-state index contributed by atoms with van der Waals surface area (Å²) >= 11 is 0. The summed E-state index contributed by atoms with van der Waals surface area (Å²) in [6, 6.07) is 8.92. The van der Waals surface area contributed by atoms with E-state index in [1.807, 2.05) is 19.9 Å². The maximum atomic E-state index is 13.2. The van der Waals surface area contributed by atoms with E-state index in [0.717, 1.165) is 17.4 Å². The molecule has 9 heteroatoms. The third-order valence-electron chi connectivity index (χ3n) is 5.40. The van der Waals surface area contributed by atoms with Crippen molar-refractivity contribution in [2.45, 2.75) is 26.7 Å². The fourth-order valence-electron chi connectivity index (χ4n) is 3.57. The number of rotatable bonds is 10. The molecule has 0 bridgehead atoms. The minimum atomic E-state index is -0.740.